The molecule has 3 heteroatoms. The van der Waals surface area contributed by atoms with Gasteiger partial charge in [-0.25, -0.2) is 0 Å². The molecule has 0 aromatic heterocycles. The quantitative estimate of drug-likeness (QED) is 0.697. The molecule has 1 fully saturated rings. The van der Waals surface area contributed by atoms with Crippen LogP contribution in [0.15, 0.2) is 0 Å². The van der Waals surface area contributed by atoms with Crippen LogP contribution in [-0.2, 0) is 9.59 Å². The average molecular weight is 170 g/mol. The van der Waals surface area contributed by atoms with Crippen LogP contribution in [0, 0.1) is 11.8 Å². The predicted octanol–water partition coefficient (Wildman–Crippen LogP) is 1.47. The summed E-state index contributed by atoms with van der Waals surface area (Å²) in [4.78, 5) is 21.8. The van der Waals surface area contributed by atoms with E-state index in [-0.39, 0.29) is 24.0 Å². The van der Waals surface area contributed by atoms with Crippen molar-refractivity contribution in [1.82, 2.24) is 0 Å². The number of carboxylic acids is 1. The second kappa shape index (κ2) is 3.70. The van der Waals surface area contributed by atoms with Gasteiger partial charge in [0.05, 0.1) is 6.42 Å². The molecule has 2 unspecified atom stereocenters. The largest absolute Gasteiger partial charge is 0.481 e. The molecule has 1 rings (SSSR count). The molecule has 1 N–H and O–H groups in total. The van der Waals surface area contributed by atoms with Crippen molar-refractivity contribution in [2.24, 2.45) is 11.8 Å². The standard InChI is InChI=1S/C9H14O3/c1-2-6-3-4-7(9(6)12)5-8(10)11/h6-7H,2-5H2,1H3,(H,10,11). The molecule has 0 amide bonds. The molecule has 12 heavy (non-hydrogen) atoms. The maximum Gasteiger partial charge on any atom is 0.304 e. The maximum absolute atomic E-state index is 11.4. The zero-order valence-electron chi connectivity index (χ0n) is 7.25. The van der Waals surface area contributed by atoms with Gasteiger partial charge in [-0.3, -0.25) is 9.59 Å². The lowest BCUT2D eigenvalue weighted by Gasteiger charge is -2.05. The molecule has 0 heterocycles. The summed E-state index contributed by atoms with van der Waals surface area (Å²) in [6, 6.07) is 0. The van der Waals surface area contributed by atoms with Crippen molar-refractivity contribution in [1.29, 1.82) is 0 Å². The fraction of sp³-hybridized carbons (Fsp3) is 0.778. The number of aliphatic carboxylic acids is 1. The summed E-state index contributed by atoms with van der Waals surface area (Å²) in [5.74, 6) is -0.758. The molecule has 68 valence electrons. The molecule has 3 nitrogen and oxygen atoms in total. The normalized spacial score (nSPS) is 29.2. The van der Waals surface area contributed by atoms with E-state index in [2.05, 4.69) is 0 Å². The highest BCUT2D eigenvalue weighted by atomic mass is 16.4. The van der Waals surface area contributed by atoms with Gasteiger partial charge < -0.3 is 5.11 Å². The van der Waals surface area contributed by atoms with Crippen LogP contribution in [0.5, 0.6) is 0 Å². The molecular weight excluding hydrogens is 156 g/mol. The Hall–Kier alpha value is -0.860. The highest BCUT2D eigenvalue weighted by molar-refractivity contribution is 5.88. The van der Waals surface area contributed by atoms with E-state index in [1.807, 2.05) is 6.92 Å². The Kier molecular flexibility index (Phi) is 2.84. The molecule has 0 aromatic rings. The van der Waals surface area contributed by atoms with Crippen LogP contribution in [-0.4, -0.2) is 16.9 Å². The second-order valence-corrected chi connectivity index (χ2v) is 3.38. The van der Waals surface area contributed by atoms with Gasteiger partial charge in [0.1, 0.15) is 5.78 Å². The van der Waals surface area contributed by atoms with Gasteiger partial charge in [0.25, 0.3) is 0 Å². The number of hydrogen-bond acceptors (Lipinski definition) is 2. The summed E-state index contributed by atoms with van der Waals surface area (Å²) in [5.41, 5.74) is 0. The molecule has 2 atom stereocenters. The third kappa shape index (κ3) is 1.84. The molecule has 0 saturated heterocycles. The Bertz CT molecular complexity index is 198. The van der Waals surface area contributed by atoms with E-state index >= 15 is 0 Å². The Morgan fingerprint density at radius 2 is 2.08 bits per heavy atom. The van der Waals surface area contributed by atoms with Crippen molar-refractivity contribution in [2.75, 3.05) is 0 Å². The minimum Gasteiger partial charge on any atom is -0.481 e. The lowest BCUT2D eigenvalue weighted by atomic mass is 9.98. The van der Waals surface area contributed by atoms with Crippen LogP contribution in [0.1, 0.15) is 32.6 Å². The summed E-state index contributed by atoms with van der Waals surface area (Å²) in [5, 5.41) is 8.50. The highest BCUT2D eigenvalue weighted by Crippen LogP contribution is 2.31. The maximum atomic E-state index is 11.4. The SMILES string of the molecule is CCC1CCC(CC(=O)O)C1=O. The Labute approximate surface area is 71.8 Å². The topological polar surface area (TPSA) is 54.4 Å². The third-order valence-corrected chi connectivity index (χ3v) is 2.58. The molecule has 1 aliphatic rings. The van der Waals surface area contributed by atoms with Crippen LogP contribution >= 0.6 is 0 Å². The highest BCUT2D eigenvalue weighted by Gasteiger charge is 2.33. The Balaban J connectivity index is 2.49. The van der Waals surface area contributed by atoms with E-state index in [4.69, 9.17) is 5.11 Å². The lowest BCUT2D eigenvalue weighted by Crippen LogP contribution is -2.16. The molecule has 1 saturated carbocycles. The molecule has 0 radical (unpaired) electrons. The zero-order valence-corrected chi connectivity index (χ0v) is 7.25. The summed E-state index contributed by atoms with van der Waals surface area (Å²) >= 11 is 0. The molecule has 1 aliphatic carbocycles. The molecule has 0 aliphatic heterocycles. The molecular formula is C9H14O3. The van der Waals surface area contributed by atoms with E-state index in [0.717, 1.165) is 19.3 Å². The number of carbonyl (C=O) groups excluding carboxylic acids is 1. The summed E-state index contributed by atoms with van der Waals surface area (Å²) in [6.07, 6.45) is 2.53. The molecule has 0 bridgehead atoms. The first-order valence-corrected chi connectivity index (χ1v) is 4.40. The smallest absolute Gasteiger partial charge is 0.304 e. The first-order chi connectivity index (χ1) is 5.65. The van der Waals surface area contributed by atoms with Crippen molar-refractivity contribution >= 4 is 11.8 Å². The first kappa shape index (κ1) is 9.23. The van der Waals surface area contributed by atoms with E-state index in [0.29, 0.717) is 0 Å². The van der Waals surface area contributed by atoms with Crippen molar-refractivity contribution in [3.8, 4) is 0 Å². The number of hydrogen-bond donors (Lipinski definition) is 1. The fourth-order valence-corrected chi connectivity index (χ4v) is 1.84. The monoisotopic (exact) mass is 170 g/mol. The van der Waals surface area contributed by atoms with Crippen molar-refractivity contribution < 1.29 is 14.7 Å². The van der Waals surface area contributed by atoms with Gasteiger partial charge in [0.2, 0.25) is 0 Å². The van der Waals surface area contributed by atoms with Crippen LogP contribution in [0.2, 0.25) is 0 Å². The molecule has 0 aromatic carbocycles. The van der Waals surface area contributed by atoms with Crippen molar-refractivity contribution in [3.63, 3.8) is 0 Å². The van der Waals surface area contributed by atoms with Gasteiger partial charge in [-0.2, -0.15) is 0 Å². The van der Waals surface area contributed by atoms with Gasteiger partial charge in [-0.05, 0) is 19.3 Å². The lowest BCUT2D eigenvalue weighted by molar-refractivity contribution is -0.140. The Morgan fingerprint density at radius 1 is 1.50 bits per heavy atom. The van der Waals surface area contributed by atoms with Crippen molar-refractivity contribution in [2.45, 2.75) is 32.6 Å². The van der Waals surface area contributed by atoms with Crippen LogP contribution < -0.4 is 0 Å². The van der Waals surface area contributed by atoms with Gasteiger partial charge in [0.15, 0.2) is 0 Å². The number of ketones is 1. The van der Waals surface area contributed by atoms with Crippen LogP contribution in [0.3, 0.4) is 0 Å². The summed E-state index contributed by atoms with van der Waals surface area (Å²) in [6.45, 7) is 1.98. The van der Waals surface area contributed by atoms with Crippen LogP contribution in [0.25, 0.3) is 0 Å². The summed E-state index contributed by atoms with van der Waals surface area (Å²) in [7, 11) is 0. The first-order valence-electron chi connectivity index (χ1n) is 4.40. The summed E-state index contributed by atoms with van der Waals surface area (Å²) < 4.78 is 0. The number of carbonyl (C=O) groups is 2. The van der Waals surface area contributed by atoms with Gasteiger partial charge in [-0.15, -0.1) is 0 Å². The van der Waals surface area contributed by atoms with Gasteiger partial charge >= 0.3 is 5.97 Å². The third-order valence-electron chi connectivity index (χ3n) is 2.58. The van der Waals surface area contributed by atoms with E-state index in [1.54, 1.807) is 0 Å². The minimum absolute atomic E-state index is 0.0231. The number of rotatable bonds is 3. The fourth-order valence-electron chi connectivity index (χ4n) is 1.84. The van der Waals surface area contributed by atoms with Gasteiger partial charge in [0, 0.05) is 11.8 Å². The minimum atomic E-state index is -0.856. The van der Waals surface area contributed by atoms with E-state index < -0.39 is 5.97 Å². The molecule has 0 spiro atoms. The van der Waals surface area contributed by atoms with E-state index in [9.17, 15) is 9.59 Å². The zero-order chi connectivity index (χ0) is 9.14. The Morgan fingerprint density at radius 3 is 2.50 bits per heavy atom. The average Bonchev–Trinajstić information content (AvgIpc) is 2.32. The van der Waals surface area contributed by atoms with Crippen LogP contribution in [0.4, 0.5) is 0 Å². The number of Topliss-reactive ketones (excluding diaryl/α,β-unsaturated/α-hetero) is 1. The van der Waals surface area contributed by atoms with Gasteiger partial charge in [-0.1, -0.05) is 6.92 Å². The predicted molar refractivity (Wildman–Crippen MR) is 43.8 cm³/mol. The van der Waals surface area contributed by atoms with Crippen molar-refractivity contribution in [3.05, 3.63) is 0 Å². The number of carboxylic acid groups (broad SMARTS) is 1. The second-order valence-electron chi connectivity index (χ2n) is 3.38. The van der Waals surface area contributed by atoms with E-state index in [1.165, 1.54) is 0 Å².